The van der Waals surface area contributed by atoms with E-state index in [2.05, 4.69) is 30.4 Å². The number of nitrogens with one attached hydrogen (secondary N) is 2. The number of oxime groups is 1. The molecule has 4 aliphatic rings. The van der Waals surface area contributed by atoms with Crippen LogP contribution in [-0.2, 0) is 14.4 Å². The molecule has 11 nitrogen and oxygen atoms in total. The quantitative estimate of drug-likeness (QED) is 0.258. The number of nitrogens with zero attached hydrogens (tertiary/aromatic N) is 1. The molecule has 0 saturated heterocycles. The number of allylic oxidation sites excluding steroid dienone is 2. The third-order valence-corrected chi connectivity index (χ3v) is 10.7. The fraction of sp³-hybridized carbons (Fsp3) is 0.633. The van der Waals surface area contributed by atoms with Crippen molar-refractivity contribution in [3.63, 3.8) is 0 Å². The number of aliphatic hydroxyl groups is 2. The van der Waals surface area contributed by atoms with Gasteiger partial charge in [0, 0.05) is 12.1 Å². The summed E-state index contributed by atoms with van der Waals surface area (Å²) in [5.41, 5.74) is 2.21. The van der Waals surface area contributed by atoms with Crippen LogP contribution in [0.3, 0.4) is 0 Å². The third-order valence-electron chi connectivity index (χ3n) is 10.7. The molecule has 0 aliphatic heterocycles. The minimum atomic E-state index is -1.70. The molecule has 224 valence electrons. The number of carboxylic acids is 1. The van der Waals surface area contributed by atoms with Crippen LogP contribution in [0.15, 0.2) is 41.1 Å². The number of hydrogen-bond acceptors (Lipinski definition) is 8. The number of rotatable bonds is 8. The smallest absolute Gasteiger partial charge is 0.329 e. The van der Waals surface area contributed by atoms with Crippen molar-refractivity contribution in [2.45, 2.75) is 83.5 Å². The van der Waals surface area contributed by atoms with Crippen LogP contribution < -0.4 is 10.5 Å². The van der Waals surface area contributed by atoms with E-state index in [9.17, 15) is 30.1 Å². The maximum Gasteiger partial charge on any atom is 0.329 e. The van der Waals surface area contributed by atoms with Gasteiger partial charge in [0.1, 0.15) is 6.10 Å². The number of aliphatic hydroxyl groups excluding tert-OH is 2. The van der Waals surface area contributed by atoms with Gasteiger partial charge in [0.05, 0.1) is 11.8 Å². The molecule has 0 aromatic heterocycles. The highest BCUT2D eigenvalue weighted by Crippen LogP contribution is 2.65. The van der Waals surface area contributed by atoms with Crippen molar-refractivity contribution in [3.05, 3.63) is 46.7 Å². The summed E-state index contributed by atoms with van der Waals surface area (Å²) in [5, 5.41) is 56.4. The molecular formula is C30H41N3O8. The van der Waals surface area contributed by atoms with Crippen LogP contribution in [0.2, 0.25) is 0 Å². The van der Waals surface area contributed by atoms with Gasteiger partial charge in [-0.1, -0.05) is 36.7 Å². The first-order chi connectivity index (χ1) is 19.4. The Morgan fingerprint density at radius 3 is 2.68 bits per heavy atom. The highest BCUT2D eigenvalue weighted by Gasteiger charge is 2.58. The number of amides is 1. The van der Waals surface area contributed by atoms with Gasteiger partial charge in [-0.15, -0.1) is 0 Å². The van der Waals surface area contributed by atoms with E-state index < -0.39 is 35.9 Å². The van der Waals surface area contributed by atoms with Gasteiger partial charge in [0.25, 0.3) is 5.91 Å². The summed E-state index contributed by atoms with van der Waals surface area (Å²) in [5.74, 6) is -0.431. The fourth-order valence-corrected chi connectivity index (χ4v) is 8.33. The molecule has 1 aromatic carbocycles. The van der Waals surface area contributed by atoms with E-state index in [0.29, 0.717) is 24.2 Å². The van der Waals surface area contributed by atoms with E-state index >= 15 is 0 Å². The van der Waals surface area contributed by atoms with Crippen molar-refractivity contribution in [3.8, 4) is 0 Å². The van der Waals surface area contributed by atoms with E-state index in [0.717, 1.165) is 50.7 Å². The van der Waals surface area contributed by atoms with Gasteiger partial charge in [0.15, 0.2) is 18.3 Å². The molecule has 0 heterocycles. The highest BCUT2D eigenvalue weighted by molar-refractivity contribution is 5.96. The lowest BCUT2D eigenvalue weighted by Gasteiger charge is -2.57. The van der Waals surface area contributed by atoms with E-state index in [4.69, 9.17) is 10.0 Å². The molecule has 0 radical (unpaired) electrons. The van der Waals surface area contributed by atoms with Crippen molar-refractivity contribution in [2.75, 3.05) is 6.61 Å². The Morgan fingerprint density at radius 1 is 1.17 bits per heavy atom. The van der Waals surface area contributed by atoms with Crippen LogP contribution in [0.5, 0.6) is 0 Å². The van der Waals surface area contributed by atoms with Crippen molar-refractivity contribution >= 4 is 23.3 Å². The Balaban J connectivity index is 1.19. The van der Waals surface area contributed by atoms with Crippen molar-refractivity contribution < 1.29 is 40.2 Å². The minimum absolute atomic E-state index is 0.0483. The van der Waals surface area contributed by atoms with Crippen LogP contribution >= 0.6 is 0 Å². The number of benzene rings is 1. The topological polar surface area (TPSA) is 176 Å². The molecule has 5 rings (SSSR count). The van der Waals surface area contributed by atoms with E-state index in [1.165, 1.54) is 29.8 Å². The fourth-order valence-electron chi connectivity index (χ4n) is 8.33. The highest BCUT2D eigenvalue weighted by atomic mass is 16.8. The Bertz CT molecular complexity index is 1230. The number of aliphatic carboxylic acids is 1. The van der Waals surface area contributed by atoms with Crippen molar-refractivity contribution in [2.24, 2.45) is 33.7 Å². The van der Waals surface area contributed by atoms with Crippen LogP contribution in [0.4, 0.5) is 5.69 Å². The predicted octanol–water partition coefficient (Wildman–Crippen LogP) is 2.39. The molecule has 3 fully saturated rings. The lowest BCUT2D eigenvalue weighted by atomic mass is 9.47. The Labute approximate surface area is 239 Å². The first-order valence-corrected chi connectivity index (χ1v) is 14.6. The third kappa shape index (κ3) is 5.53. The molecule has 41 heavy (non-hydrogen) atoms. The zero-order valence-electron chi connectivity index (χ0n) is 23.6. The van der Waals surface area contributed by atoms with Gasteiger partial charge in [-0.2, -0.15) is 5.23 Å². The van der Waals surface area contributed by atoms with Gasteiger partial charge in [0.2, 0.25) is 0 Å². The summed E-state index contributed by atoms with van der Waals surface area (Å²) in [6.07, 6.45) is 8.24. The molecule has 0 spiro atoms. The lowest BCUT2D eigenvalue weighted by molar-refractivity contribution is -0.991. The minimum Gasteiger partial charge on any atom is -0.595 e. The zero-order chi connectivity index (χ0) is 29.5. The molecule has 11 heteroatoms. The Hall–Kier alpha value is -2.83. The van der Waals surface area contributed by atoms with Crippen LogP contribution in [0, 0.1) is 33.8 Å². The Morgan fingerprint density at radius 2 is 1.95 bits per heavy atom. The summed E-state index contributed by atoms with van der Waals surface area (Å²) in [4.78, 5) is 29.6. The summed E-state index contributed by atoms with van der Waals surface area (Å²) in [6.45, 7) is 4.13. The number of hydrogen-bond donors (Lipinski definition) is 6. The molecule has 3 saturated carbocycles. The average Bonchev–Trinajstić information content (AvgIpc) is 3.25. The lowest BCUT2D eigenvalue weighted by Crippen LogP contribution is -2.99. The summed E-state index contributed by atoms with van der Waals surface area (Å²) in [6, 6.07) is 3.57. The van der Waals surface area contributed by atoms with Gasteiger partial charge in [-0.3, -0.25) is 4.79 Å². The molecule has 7 unspecified atom stereocenters. The van der Waals surface area contributed by atoms with Crippen molar-refractivity contribution in [1.29, 1.82) is 0 Å². The summed E-state index contributed by atoms with van der Waals surface area (Å²) in [7, 11) is 0. The van der Waals surface area contributed by atoms with E-state index in [1.54, 1.807) is 0 Å². The SMILES string of the molecule is C[C@]12CCC3C(CCC4=CC(=NOCC(=O)NC(C(=O)O)C(O)c5cccc([NH+]([O-])O)c5)CC[C@@]43C)C1CCC2O. The number of carbonyl (C=O) groups is 2. The van der Waals surface area contributed by atoms with Crippen LogP contribution in [0.1, 0.15) is 76.9 Å². The largest absolute Gasteiger partial charge is 0.595 e. The molecule has 1 amide bonds. The normalized spacial score (nSPS) is 35.8. The van der Waals surface area contributed by atoms with Gasteiger partial charge >= 0.3 is 5.97 Å². The maximum atomic E-state index is 12.5. The van der Waals surface area contributed by atoms with Crippen LogP contribution in [0.25, 0.3) is 0 Å². The van der Waals surface area contributed by atoms with Gasteiger partial charge in [-0.25, -0.2) is 10.0 Å². The standard InChI is InChI=1S/C30H41N3O8/c1-29-12-10-19(15-18(29)6-7-21-22-8-9-24(34)30(22,2)13-11-23(21)29)32-41-16-25(35)31-26(28(37)38)27(36)17-4-3-5-20(14-17)33(39)40/h3-5,14-15,21-24,26-27,33-34,36,39H,6-13,16H2,1-2H3,(H,31,35)(H,37,38)/t21?,22?,23?,24?,26?,27?,29-,30-/m0/s1. The average molecular weight is 572 g/mol. The van der Waals surface area contributed by atoms with Crippen molar-refractivity contribution in [1.82, 2.24) is 5.32 Å². The van der Waals surface area contributed by atoms with E-state index in [-0.39, 0.29) is 28.2 Å². The van der Waals surface area contributed by atoms with Crippen LogP contribution in [-0.4, -0.2) is 56.9 Å². The number of carbonyl (C=O) groups excluding carboxylic acids is 1. The number of carboxylic acid groups (broad SMARTS) is 1. The monoisotopic (exact) mass is 571 g/mol. The molecular weight excluding hydrogens is 530 g/mol. The zero-order valence-corrected chi connectivity index (χ0v) is 23.6. The molecule has 9 atom stereocenters. The first kappa shape index (κ1) is 29.7. The first-order valence-electron chi connectivity index (χ1n) is 14.6. The molecule has 0 bridgehead atoms. The molecule has 6 N–H and O–H groups in total. The maximum absolute atomic E-state index is 12.5. The molecule has 1 aromatic rings. The van der Waals surface area contributed by atoms with E-state index in [1.807, 2.05) is 0 Å². The molecule has 4 aliphatic carbocycles. The predicted molar refractivity (Wildman–Crippen MR) is 148 cm³/mol. The number of quaternary nitrogens is 1. The number of fused-ring (bicyclic) bond motifs is 5. The second kappa shape index (κ2) is 11.4. The second-order valence-electron chi connectivity index (χ2n) is 12.8. The Kier molecular flexibility index (Phi) is 8.28. The second-order valence-corrected chi connectivity index (χ2v) is 12.8. The summed E-state index contributed by atoms with van der Waals surface area (Å²) >= 11 is 0. The van der Waals surface area contributed by atoms with Gasteiger partial charge in [-0.05, 0) is 91.6 Å². The summed E-state index contributed by atoms with van der Waals surface area (Å²) < 4.78 is 0. The van der Waals surface area contributed by atoms with Gasteiger partial charge < -0.3 is 30.7 Å².